The van der Waals surface area contributed by atoms with E-state index in [0.29, 0.717) is 6.61 Å². The number of benzene rings is 3. The summed E-state index contributed by atoms with van der Waals surface area (Å²) in [6, 6.07) is 19.2. The average Bonchev–Trinajstić information content (AvgIpc) is 3.06. The predicted octanol–water partition coefficient (Wildman–Crippen LogP) is 6.04. The highest BCUT2D eigenvalue weighted by Gasteiger charge is 2.28. The zero-order chi connectivity index (χ0) is 20.4. The van der Waals surface area contributed by atoms with Crippen molar-refractivity contribution < 1.29 is 13.5 Å². The van der Waals surface area contributed by atoms with E-state index in [1.54, 1.807) is 24.3 Å². The van der Waals surface area contributed by atoms with Gasteiger partial charge in [-0.15, -0.1) is 0 Å². The number of nitrogens with one attached hydrogen (secondary N) is 1. The second-order valence-electron chi connectivity index (χ2n) is 7.79. The number of halogens is 2. The first-order valence-corrected chi connectivity index (χ1v) is 9.65. The van der Waals surface area contributed by atoms with Crippen LogP contribution in [0.2, 0.25) is 0 Å². The van der Waals surface area contributed by atoms with Gasteiger partial charge in [0, 0.05) is 0 Å². The molecule has 1 N–H and O–H groups in total. The van der Waals surface area contributed by atoms with Gasteiger partial charge in [0.2, 0.25) is 0 Å². The van der Waals surface area contributed by atoms with E-state index in [0.717, 1.165) is 27.8 Å². The zero-order valence-electron chi connectivity index (χ0n) is 16.5. The van der Waals surface area contributed by atoms with Gasteiger partial charge in [-0.25, -0.2) is 8.78 Å². The van der Waals surface area contributed by atoms with Crippen molar-refractivity contribution in [1.29, 1.82) is 0 Å². The quantitative estimate of drug-likeness (QED) is 0.586. The van der Waals surface area contributed by atoms with Crippen LogP contribution in [0.15, 0.2) is 72.8 Å². The summed E-state index contributed by atoms with van der Waals surface area (Å²) < 4.78 is 32.4. The van der Waals surface area contributed by atoms with Gasteiger partial charge in [0.25, 0.3) is 0 Å². The van der Waals surface area contributed by atoms with Crippen LogP contribution in [0.1, 0.15) is 19.4 Å². The van der Waals surface area contributed by atoms with Crippen LogP contribution in [0.5, 0.6) is 0 Å². The minimum atomic E-state index is -0.329. The largest absolute Gasteiger partial charge is 0.359 e. The normalized spacial score (nSPS) is 18.4. The summed E-state index contributed by atoms with van der Waals surface area (Å²) in [5, 5.41) is 3.41. The Balaban J connectivity index is 1.71. The van der Waals surface area contributed by atoms with Gasteiger partial charge in [-0.1, -0.05) is 36.4 Å². The third kappa shape index (κ3) is 4.78. The number of ether oxygens (including phenoxy) is 1. The van der Waals surface area contributed by atoms with Crippen LogP contribution in [0, 0.1) is 11.6 Å². The molecule has 2 nitrogen and oxygen atoms in total. The Kier molecular flexibility index (Phi) is 5.31. The summed E-state index contributed by atoms with van der Waals surface area (Å²) in [5.74, 6) is -0.531. The van der Waals surface area contributed by atoms with Crippen LogP contribution in [0.3, 0.4) is 0 Å². The van der Waals surface area contributed by atoms with Gasteiger partial charge in [0.1, 0.15) is 17.4 Å². The molecule has 0 bridgehead atoms. The highest BCUT2D eigenvalue weighted by molar-refractivity contribution is 5.77. The first-order valence-electron chi connectivity index (χ1n) is 9.65. The highest BCUT2D eigenvalue weighted by Crippen LogP contribution is 2.29. The number of rotatable bonds is 4. The van der Waals surface area contributed by atoms with Crippen LogP contribution in [-0.4, -0.2) is 18.4 Å². The molecule has 3 aromatic rings. The van der Waals surface area contributed by atoms with Gasteiger partial charge >= 0.3 is 0 Å². The second kappa shape index (κ2) is 7.90. The molecule has 0 amide bonds. The van der Waals surface area contributed by atoms with Crippen LogP contribution < -0.4 is 5.32 Å². The first-order chi connectivity index (χ1) is 13.9. The predicted molar refractivity (Wildman–Crippen MR) is 113 cm³/mol. The van der Waals surface area contributed by atoms with Gasteiger partial charge in [-0.05, 0) is 84.1 Å². The minimum Gasteiger partial charge on any atom is -0.359 e. The lowest BCUT2D eigenvalue weighted by molar-refractivity contribution is 0.0232. The third-order valence-corrected chi connectivity index (χ3v) is 4.99. The van der Waals surface area contributed by atoms with E-state index in [1.807, 2.05) is 19.9 Å². The Morgan fingerprint density at radius 2 is 1.34 bits per heavy atom. The Labute approximate surface area is 169 Å². The van der Waals surface area contributed by atoms with Crippen molar-refractivity contribution in [3.05, 3.63) is 90.0 Å². The van der Waals surface area contributed by atoms with Gasteiger partial charge < -0.3 is 4.74 Å². The van der Waals surface area contributed by atoms with E-state index in [4.69, 9.17) is 4.74 Å². The zero-order valence-corrected chi connectivity index (χ0v) is 16.5. The summed E-state index contributed by atoms with van der Waals surface area (Å²) in [6.07, 6.45) is 4.15. The van der Waals surface area contributed by atoms with Gasteiger partial charge in [-0.2, -0.15) is 0 Å². The Morgan fingerprint density at radius 1 is 0.828 bits per heavy atom. The van der Waals surface area contributed by atoms with E-state index in [-0.39, 0.29) is 23.4 Å². The van der Waals surface area contributed by atoms with Crippen molar-refractivity contribution in [2.75, 3.05) is 6.61 Å². The summed E-state index contributed by atoms with van der Waals surface area (Å²) in [7, 11) is 0. The molecule has 1 fully saturated rings. The Bertz CT molecular complexity index is 960. The fourth-order valence-electron chi connectivity index (χ4n) is 3.52. The molecule has 4 rings (SSSR count). The number of hydrogen-bond donors (Lipinski definition) is 1. The molecule has 0 radical (unpaired) electrons. The van der Waals surface area contributed by atoms with Crippen molar-refractivity contribution in [2.45, 2.75) is 25.6 Å². The molecule has 0 unspecified atom stereocenters. The molecule has 3 aromatic carbocycles. The van der Waals surface area contributed by atoms with Crippen LogP contribution >= 0.6 is 0 Å². The fourth-order valence-corrected chi connectivity index (χ4v) is 3.52. The maximum absolute atomic E-state index is 13.4. The lowest BCUT2D eigenvalue weighted by Gasteiger charge is -2.17. The maximum atomic E-state index is 13.4. The van der Waals surface area contributed by atoms with Gasteiger partial charge in [-0.3, -0.25) is 5.32 Å². The molecule has 1 saturated heterocycles. The fraction of sp³-hybridized carbons (Fsp3) is 0.200. The third-order valence-electron chi connectivity index (χ3n) is 4.99. The van der Waals surface area contributed by atoms with Crippen molar-refractivity contribution in [2.24, 2.45) is 0 Å². The topological polar surface area (TPSA) is 21.3 Å². The molecule has 4 heteroatoms. The molecule has 0 saturated carbocycles. The molecular weight excluding hydrogens is 368 g/mol. The van der Waals surface area contributed by atoms with E-state index >= 15 is 0 Å². The summed E-state index contributed by atoms with van der Waals surface area (Å²) in [5.41, 5.74) is 4.48. The first kappa shape index (κ1) is 19.5. The van der Waals surface area contributed by atoms with E-state index < -0.39 is 0 Å². The SMILES string of the molecule is CC1(C)N[C@H](/C=C/c2cc(-c3ccc(F)cc3)cc(-c3ccc(F)cc3)c2)CO1. The second-order valence-corrected chi connectivity index (χ2v) is 7.79. The van der Waals surface area contributed by atoms with Crippen molar-refractivity contribution >= 4 is 6.08 Å². The van der Waals surface area contributed by atoms with Crippen LogP contribution in [-0.2, 0) is 4.74 Å². The van der Waals surface area contributed by atoms with Crippen molar-refractivity contribution in [3.8, 4) is 22.3 Å². The standard InChI is InChI=1S/C25H23F2NO/c1-25(2)28-24(16-29-25)12-3-17-13-20(18-4-8-22(26)9-5-18)15-21(14-17)19-6-10-23(27)11-7-19/h3-15,24,28H,16H2,1-2H3/b12-3+/t24-/m1/s1. The lowest BCUT2D eigenvalue weighted by atomic mass is 9.95. The van der Waals surface area contributed by atoms with E-state index in [9.17, 15) is 8.78 Å². The minimum absolute atomic E-state index is 0.133. The Morgan fingerprint density at radius 3 is 1.79 bits per heavy atom. The molecule has 148 valence electrons. The molecule has 0 aliphatic carbocycles. The maximum Gasteiger partial charge on any atom is 0.123 e. The van der Waals surface area contributed by atoms with E-state index in [2.05, 4.69) is 29.6 Å². The molecule has 1 atom stereocenters. The molecule has 0 spiro atoms. The molecular formula is C25H23F2NO. The smallest absolute Gasteiger partial charge is 0.123 e. The molecule has 1 heterocycles. The lowest BCUT2D eigenvalue weighted by Crippen LogP contribution is -2.37. The Hall–Kier alpha value is -2.82. The van der Waals surface area contributed by atoms with Gasteiger partial charge in [0.15, 0.2) is 0 Å². The monoisotopic (exact) mass is 391 g/mol. The summed E-state index contributed by atoms with van der Waals surface area (Å²) >= 11 is 0. The molecule has 1 aliphatic rings. The average molecular weight is 391 g/mol. The van der Waals surface area contributed by atoms with Crippen LogP contribution in [0.4, 0.5) is 8.78 Å². The van der Waals surface area contributed by atoms with Crippen molar-refractivity contribution in [3.63, 3.8) is 0 Å². The van der Waals surface area contributed by atoms with E-state index in [1.165, 1.54) is 24.3 Å². The molecule has 0 aromatic heterocycles. The summed E-state index contributed by atoms with van der Waals surface area (Å²) in [6.45, 7) is 4.62. The highest BCUT2D eigenvalue weighted by atomic mass is 19.1. The van der Waals surface area contributed by atoms with Gasteiger partial charge in [0.05, 0.1) is 12.6 Å². The van der Waals surface area contributed by atoms with Crippen LogP contribution in [0.25, 0.3) is 28.3 Å². The molecule has 1 aliphatic heterocycles. The number of hydrogen-bond acceptors (Lipinski definition) is 2. The van der Waals surface area contributed by atoms with Crippen molar-refractivity contribution in [1.82, 2.24) is 5.32 Å². The molecule has 29 heavy (non-hydrogen) atoms. The summed E-state index contributed by atoms with van der Waals surface area (Å²) in [4.78, 5) is 0.